The largest absolute Gasteiger partial charge is 0.478 e. The summed E-state index contributed by atoms with van der Waals surface area (Å²) in [6, 6.07) is 3.09. The molecular weight excluding hydrogens is 228 g/mol. The van der Waals surface area contributed by atoms with Gasteiger partial charge in [-0.25, -0.2) is 9.59 Å². The third-order valence-electron chi connectivity index (χ3n) is 2.42. The van der Waals surface area contributed by atoms with E-state index in [0.717, 1.165) is 18.2 Å². The van der Waals surface area contributed by atoms with Crippen LogP contribution in [0.15, 0.2) is 18.2 Å². The molecule has 92 valence electrons. The Labute approximate surface area is 96.8 Å². The number of aliphatic hydroxyl groups is 2. The van der Waals surface area contributed by atoms with Crippen molar-refractivity contribution in [3.8, 4) is 0 Å². The summed E-state index contributed by atoms with van der Waals surface area (Å²) in [5.74, 6) is -4.98. The summed E-state index contributed by atoms with van der Waals surface area (Å²) in [6.45, 7) is 1.44. The molecule has 0 saturated heterocycles. The van der Waals surface area contributed by atoms with E-state index in [4.69, 9.17) is 10.2 Å². The summed E-state index contributed by atoms with van der Waals surface area (Å²) in [4.78, 5) is 21.6. The number of carboxylic acid groups (broad SMARTS) is 2. The van der Waals surface area contributed by atoms with Crippen LogP contribution < -0.4 is 0 Å². The lowest BCUT2D eigenvalue weighted by Gasteiger charge is -2.22. The van der Waals surface area contributed by atoms with Gasteiger partial charge < -0.3 is 20.4 Å². The SMILES string of the molecule is CCC(O)(O)c1cc(C(=O)O)ccc1C(=O)O. The van der Waals surface area contributed by atoms with Crippen molar-refractivity contribution in [3.05, 3.63) is 34.9 Å². The fourth-order valence-corrected chi connectivity index (χ4v) is 1.39. The van der Waals surface area contributed by atoms with Crippen molar-refractivity contribution < 1.29 is 30.0 Å². The van der Waals surface area contributed by atoms with Gasteiger partial charge in [-0.1, -0.05) is 6.92 Å². The summed E-state index contributed by atoms with van der Waals surface area (Å²) in [5.41, 5.74) is -0.861. The second-order valence-electron chi connectivity index (χ2n) is 3.54. The minimum atomic E-state index is -2.36. The first-order chi connectivity index (χ1) is 7.79. The molecule has 6 nitrogen and oxygen atoms in total. The fraction of sp³-hybridized carbons (Fsp3) is 0.273. The van der Waals surface area contributed by atoms with Crippen molar-refractivity contribution in [3.63, 3.8) is 0 Å². The second kappa shape index (κ2) is 4.52. The predicted octanol–water partition coefficient (Wildman–Crippen LogP) is 0.630. The molecule has 0 aliphatic heterocycles. The number of carboxylic acids is 2. The molecule has 0 saturated carbocycles. The van der Waals surface area contributed by atoms with Gasteiger partial charge in [-0.05, 0) is 18.2 Å². The van der Waals surface area contributed by atoms with Crippen LogP contribution in [0, 0.1) is 0 Å². The van der Waals surface area contributed by atoms with Gasteiger partial charge in [0.15, 0.2) is 5.79 Å². The van der Waals surface area contributed by atoms with E-state index in [2.05, 4.69) is 0 Å². The number of benzene rings is 1. The van der Waals surface area contributed by atoms with Crippen molar-refractivity contribution in [1.29, 1.82) is 0 Å². The Morgan fingerprint density at radius 2 is 1.76 bits per heavy atom. The van der Waals surface area contributed by atoms with E-state index in [0.29, 0.717) is 0 Å². The Balaban J connectivity index is 3.46. The van der Waals surface area contributed by atoms with Crippen LogP contribution in [0.25, 0.3) is 0 Å². The zero-order chi connectivity index (χ0) is 13.2. The standard InChI is InChI=1S/C11H12O6/c1-2-11(16,17)8-5-6(9(12)13)3-4-7(8)10(14)15/h3-5,16-17H,2H2,1H3,(H,12,13)(H,14,15). The molecule has 1 rings (SSSR count). The Morgan fingerprint density at radius 3 is 2.18 bits per heavy atom. The van der Waals surface area contributed by atoms with Gasteiger partial charge in [0.2, 0.25) is 0 Å². The van der Waals surface area contributed by atoms with E-state index >= 15 is 0 Å². The highest BCUT2D eigenvalue weighted by molar-refractivity contribution is 5.93. The Hall–Kier alpha value is -1.92. The van der Waals surface area contributed by atoms with Gasteiger partial charge in [0.25, 0.3) is 0 Å². The molecule has 1 aromatic rings. The van der Waals surface area contributed by atoms with Gasteiger partial charge in [-0.2, -0.15) is 0 Å². The Kier molecular flexibility index (Phi) is 3.50. The number of carbonyl (C=O) groups is 2. The first-order valence-corrected chi connectivity index (χ1v) is 4.85. The van der Waals surface area contributed by atoms with Crippen LogP contribution in [-0.2, 0) is 5.79 Å². The normalized spacial score (nSPS) is 11.2. The summed E-state index contributed by atoms with van der Waals surface area (Å²) < 4.78 is 0. The van der Waals surface area contributed by atoms with Crippen LogP contribution in [0.2, 0.25) is 0 Å². The highest BCUT2D eigenvalue weighted by Crippen LogP contribution is 2.26. The topological polar surface area (TPSA) is 115 Å². The molecule has 17 heavy (non-hydrogen) atoms. The van der Waals surface area contributed by atoms with Crippen LogP contribution in [-0.4, -0.2) is 32.4 Å². The van der Waals surface area contributed by atoms with Gasteiger partial charge in [-0.3, -0.25) is 0 Å². The Bertz CT molecular complexity index is 463. The predicted molar refractivity (Wildman–Crippen MR) is 56.8 cm³/mol. The summed E-state index contributed by atoms with van der Waals surface area (Å²) >= 11 is 0. The van der Waals surface area contributed by atoms with Gasteiger partial charge in [0.05, 0.1) is 11.1 Å². The lowest BCUT2D eigenvalue weighted by atomic mass is 9.95. The molecule has 0 atom stereocenters. The van der Waals surface area contributed by atoms with Gasteiger partial charge in [-0.15, -0.1) is 0 Å². The third-order valence-corrected chi connectivity index (χ3v) is 2.42. The lowest BCUT2D eigenvalue weighted by Crippen LogP contribution is -2.27. The number of hydrogen-bond acceptors (Lipinski definition) is 4. The van der Waals surface area contributed by atoms with Gasteiger partial charge >= 0.3 is 11.9 Å². The summed E-state index contributed by atoms with van der Waals surface area (Å²) in [6.07, 6.45) is -0.156. The van der Waals surface area contributed by atoms with E-state index in [9.17, 15) is 19.8 Å². The van der Waals surface area contributed by atoms with Crippen molar-refractivity contribution >= 4 is 11.9 Å². The average molecular weight is 240 g/mol. The maximum absolute atomic E-state index is 10.9. The molecule has 0 radical (unpaired) electrons. The zero-order valence-corrected chi connectivity index (χ0v) is 9.04. The van der Waals surface area contributed by atoms with Crippen molar-refractivity contribution in [2.75, 3.05) is 0 Å². The molecular formula is C11H12O6. The van der Waals surface area contributed by atoms with Crippen LogP contribution in [0.3, 0.4) is 0 Å². The maximum atomic E-state index is 10.9. The molecule has 0 heterocycles. The second-order valence-corrected chi connectivity index (χ2v) is 3.54. The fourth-order valence-electron chi connectivity index (χ4n) is 1.39. The quantitative estimate of drug-likeness (QED) is 0.574. The molecule has 0 aliphatic carbocycles. The highest BCUT2D eigenvalue weighted by Gasteiger charge is 2.29. The van der Waals surface area contributed by atoms with Gasteiger partial charge in [0.1, 0.15) is 0 Å². The molecule has 0 fully saturated rings. The third kappa shape index (κ3) is 2.61. The minimum Gasteiger partial charge on any atom is -0.478 e. The summed E-state index contributed by atoms with van der Waals surface area (Å²) in [7, 11) is 0. The lowest BCUT2D eigenvalue weighted by molar-refractivity contribution is -0.171. The zero-order valence-electron chi connectivity index (χ0n) is 9.04. The van der Waals surface area contributed by atoms with Crippen LogP contribution in [0.1, 0.15) is 39.6 Å². The first kappa shape index (κ1) is 13.1. The van der Waals surface area contributed by atoms with E-state index in [1.807, 2.05) is 0 Å². The van der Waals surface area contributed by atoms with E-state index < -0.39 is 17.7 Å². The van der Waals surface area contributed by atoms with Crippen molar-refractivity contribution in [2.24, 2.45) is 0 Å². The monoisotopic (exact) mass is 240 g/mol. The molecule has 0 aliphatic rings. The van der Waals surface area contributed by atoms with Crippen LogP contribution in [0.4, 0.5) is 0 Å². The number of hydrogen-bond donors (Lipinski definition) is 4. The maximum Gasteiger partial charge on any atom is 0.336 e. The smallest absolute Gasteiger partial charge is 0.336 e. The number of rotatable bonds is 4. The highest BCUT2D eigenvalue weighted by atomic mass is 16.5. The molecule has 0 unspecified atom stereocenters. The van der Waals surface area contributed by atoms with E-state index in [1.165, 1.54) is 6.92 Å². The molecule has 1 aromatic carbocycles. The van der Waals surface area contributed by atoms with Gasteiger partial charge in [0, 0.05) is 12.0 Å². The van der Waals surface area contributed by atoms with Crippen molar-refractivity contribution in [1.82, 2.24) is 0 Å². The van der Waals surface area contributed by atoms with E-state index in [1.54, 1.807) is 0 Å². The van der Waals surface area contributed by atoms with Crippen LogP contribution >= 0.6 is 0 Å². The van der Waals surface area contributed by atoms with E-state index in [-0.39, 0.29) is 23.1 Å². The average Bonchev–Trinajstić information content (AvgIpc) is 2.28. The molecule has 0 spiro atoms. The minimum absolute atomic E-state index is 0.156. The van der Waals surface area contributed by atoms with Crippen LogP contribution in [0.5, 0.6) is 0 Å². The summed E-state index contributed by atoms with van der Waals surface area (Å²) in [5, 5.41) is 36.9. The molecule has 0 aromatic heterocycles. The molecule has 4 N–H and O–H groups in total. The Morgan fingerprint density at radius 1 is 1.18 bits per heavy atom. The molecule has 0 amide bonds. The number of aromatic carboxylic acids is 2. The first-order valence-electron chi connectivity index (χ1n) is 4.85. The molecule has 6 heteroatoms. The molecule has 0 bridgehead atoms. The van der Waals surface area contributed by atoms with Crippen molar-refractivity contribution in [2.45, 2.75) is 19.1 Å².